The number of fused-ring (bicyclic) bond motifs is 1. The monoisotopic (exact) mass is 396 g/mol. The molecule has 146 valence electrons. The molecule has 0 spiro atoms. The lowest BCUT2D eigenvalue weighted by Crippen LogP contribution is -2.29. The second kappa shape index (κ2) is 6.62. The Balaban J connectivity index is 1.41. The minimum absolute atomic E-state index is 0.130. The average Bonchev–Trinajstić information content (AvgIpc) is 3.24. The van der Waals surface area contributed by atoms with Gasteiger partial charge in [0.2, 0.25) is 0 Å². The molecular weight excluding hydrogens is 372 g/mol. The highest BCUT2D eigenvalue weighted by atomic mass is 32.2. The number of hydrogen-bond acceptors (Lipinski definition) is 4. The average molecular weight is 397 g/mol. The molecular formula is C22H24N2O3S. The number of anilines is 2. The summed E-state index contributed by atoms with van der Waals surface area (Å²) in [5.41, 5.74) is 3.67. The molecule has 5 nitrogen and oxygen atoms in total. The van der Waals surface area contributed by atoms with Crippen LogP contribution in [-0.4, -0.2) is 33.8 Å². The number of rotatable bonds is 5. The number of carbonyl (C=O) groups is 1. The predicted molar refractivity (Wildman–Crippen MR) is 110 cm³/mol. The largest absolute Gasteiger partial charge is 0.372 e. The van der Waals surface area contributed by atoms with E-state index in [1.807, 2.05) is 12.1 Å². The van der Waals surface area contributed by atoms with Crippen LogP contribution in [0.2, 0.25) is 0 Å². The van der Waals surface area contributed by atoms with Gasteiger partial charge < -0.3 is 4.90 Å². The van der Waals surface area contributed by atoms with Gasteiger partial charge in [-0.2, -0.15) is 0 Å². The van der Waals surface area contributed by atoms with E-state index in [1.165, 1.54) is 22.8 Å². The number of nitrogens with zero attached hydrogens (tertiary/aromatic N) is 2. The molecule has 2 aliphatic heterocycles. The number of carbonyl (C=O) groups excluding carboxylic acids is 1. The van der Waals surface area contributed by atoms with Gasteiger partial charge >= 0.3 is 0 Å². The van der Waals surface area contributed by atoms with Crippen molar-refractivity contribution in [3.63, 3.8) is 0 Å². The fourth-order valence-electron chi connectivity index (χ4n) is 4.28. The van der Waals surface area contributed by atoms with Crippen molar-refractivity contribution in [2.24, 2.45) is 5.92 Å². The van der Waals surface area contributed by atoms with E-state index in [-0.39, 0.29) is 16.6 Å². The minimum Gasteiger partial charge on any atom is -0.372 e. The van der Waals surface area contributed by atoms with Crippen LogP contribution in [0.5, 0.6) is 0 Å². The van der Waals surface area contributed by atoms with Crippen LogP contribution in [0.4, 0.5) is 11.4 Å². The molecule has 3 aliphatic rings. The first kappa shape index (κ1) is 17.7. The van der Waals surface area contributed by atoms with E-state index in [0.717, 1.165) is 43.6 Å². The van der Waals surface area contributed by atoms with Crippen LogP contribution in [-0.2, 0) is 16.4 Å². The number of ketones is 1. The zero-order chi connectivity index (χ0) is 19.3. The number of sulfonamides is 1. The molecule has 1 aliphatic carbocycles. The zero-order valence-electron chi connectivity index (χ0n) is 15.8. The van der Waals surface area contributed by atoms with Crippen molar-refractivity contribution in [2.75, 3.05) is 28.8 Å². The molecule has 2 aromatic carbocycles. The second-order valence-corrected chi connectivity index (χ2v) is 9.86. The molecule has 2 heterocycles. The van der Waals surface area contributed by atoms with Crippen molar-refractivity contribution < 1.29 is 13.2 Å². The maximum absolute atomic E-state index is 13.2. The highest BCUT2D eigenvalue weighted by molar-refractivity contribution is 7.92. The molecule has 1 saturated carbocycles. The van der Waals surface area contributed by atoms with Crippen molar-refractivity contribution in [3.8, 4) is 0 Å². The first-order chi connectivity index (χ1) is 13.5. The predicted octanol–water partition coefficient (Wildman–Crippen LogP) is 3.63. The highest BCUT2D eigenvalue weighted by Crippen LogP contribution is 2.37. The van der Waals surface area contributed by atoms with Crippen LogP contribution in [0.25, 0.3) is 0 Å². The van der Waals surface area contributed by atoms with Crippen LogP contribution in [0, 0.1) is 5.92 Å². The standard InChI is InChI=1S/C22H24N2O3S/c25-22(16-3-4-16)17-5-8-20(9-6-17)28(26,27)24-14-11-18-15-19(7-10-21(18)24)23-12-1-2-13-23/h5-10,15-16H,1-4,11-14H2. The van der Waals surface area contributed by atoms with Crippen molar-refractivity contribution in [3.05, 3.63) is 53.6 Å². The Morgan fingerprint density at radius 2 is 1.64 bits per heavy atom. The maximum atomic E-state index is 13.2. The van der Waals surface area contributed by atoms with Gasteiger partial charge in [0, 0.05) is 36.8 Å². The van der Waals surface area contributed by atoms with Gasteiger partial charge in [0.15, 0.2) is 5.78 Å². The van der Waals surface area contributed by atoms with Crippen LogP contribution in [0.3, 0.4) is 0 Å². The molecule has 5 rings (SSSR count). The summed E-state index contributed by atoms with van der Waals surface area (Å²) in [7, 11) is -3.62. The van der Waals surface area contributed by atoms with Gasteiger partial charge in [0.25, 0.3) is 10.0 Å². The molecule has 0 unspecified atom stereocenters. The Bertz CT molecular complexity index is 1020. The van der Waals surface area contributed by atoms with Gasteiger partial charge in [-0.05, 0) is 68.0 Å². The Morgan fingerprint density at radius 1 is 0.929 bits per heavy atom. The molecule has 1 saturated heterocycles. The summed E-state index contributed by atoms with van der Waals surface area (Å²) in [6.45, 7) is 2.61. The Morgan fingerprint density at radius 3 is 2.32 bits per heavy atom. The Hall–Kier alpha value is -2.34. The fraction of sp³-hybridized carbons (Fsp3) is 0.409. The van der Waals surface area contributed by atoms with Crippen molar-refractivity contribution in [2.45, 2.75) is 37.0 Å². The molecule has 2 fully saturated rings. The van der Waals surface area contributed by atoms with Gasteiger partial charge in [-0.25, -0.2) is 8.42 Å². The van der Waals surface area contributed by atoms with Crippen molar-refractivity contribution in [1.29, 1.82) is 0 Å². The summed E-state index contributed by atoms with van der Waals surface area (Å²) < 4.78 is 27.9. The number of hydrogen-bond donors (Lipinski definition) is 0. The van der Waals surface area contributed by atoms with Gasteiger partial charge in [0.05, 0.1) is 10.6 Å². The van der Waals surface area contributed by atoms with E-state index in [9.17, 15) is 13.2 Å². The Labute approximate surface area is 166 Å². The van der Waals surface area contributed by atoms with E-state index in [4.69, 9.17) is 0 Å². The minimum atomic E-state index is -3.62. The molecule has 28 heavy (non-hydrogen) atoms. The molecule has 0 N–H and O–H groups in total. The highest BCUT2D eigenvalue weighted by Gasteiger charge is 2.33. The third-order valence-electron chi connectivity index (χ3n) is 6.06. The van der Waals surface area contributed by atoms with Crippen LogP contribution in [0.15, 0.2) is 47.4 Å². The topological polar surface area (TPSA) is 57.7 Å². The molecule has 0 atom stereocenters. The lowest BCUT2D eigenvalue weighted by Gasteiger charge is -2.22. The normalized spacial score (nSPS) is 19.1. The first-order valence-electron chi connectivity index (χ1n) is 10.1. The Kier molecular flexibility index (Phi) is 4.19. The summed E-state index contributed by atoms with van der Waals surface area (Å²) >= 11 is 0. The molecule has 6 heteroatoms. The SMILES string of the molecule is O=C(c1ccc(S(=O)(=O)N2CCc3cc(N4CCCC4)ccc32)cc1)C1CC1. The zero-order valence-corrected chi connectivity index (χ0v) is 16.6. The summed E-state index contributed by atoms with van der Waals surface area (Å²) in [4.78, 5) is 14.8. The quantitative estimate of drug-likeness (QED) is 0.724. The van der Waals surface area contributed by atoms with E-state index >= 15 is 0 Å². The van der Waals surface area contributed by atoms with Gasteiger partial charge in [-0.1, -0.05) is 12.1 Å². The summed E-state index contributed by atoms with van der Waals surface area (Å²) in [6.07, 6.45) is 5.06. The van der Waals surface area contributed by atoms with E-state index < -0.39 is 10.0 Å². The van der Waals surface area contributed by atoms with E-state index in [1.54, 1.807) is 24.3 Å². The van der Waals surface area contributed by atoms with Crippen molar-refractivity contribution in [1.82, 2.24) is 0 Å². The molecule has 2 aromatic rings. The molecule has 0 amide bonds. The smallest absolute Gasteiger partial charge is 0.264 e. The third kappa shape index (κ3) is 3.00. The lowest BCUT2D eigenvalue weighted by atomic mass is 10.1. The third-order valence-corrected chi connectivity index (χ3v) is 7.89. The molecule has 0 bridgehead atoms. The van der Waals surface area contributed by atoms with Crippen LogP contribution < -0.4 is 9.21 Å². The van der Waals surface area contributed by atoms with Crippen LogP contribution >= 0.6 is 0 Å². The summed E-state index contributed by atoms with van der Waals surface area (Å²) in [5, 5.41) is 0. The van der Waals surface area contributed by atoms with Gasteiger partial charge in [0.1, 0.15) is 0 Å². The summed E-state index contributed by atoms with van der Waals surface area (Å²) in [6, 6.07) is 12.6. The number of Topliss-reactive ketones (excluding diaryl/α,β-unsaturated/α-hetero) is 1. The van der Waals surface area contributed by atoms with Crippen LogP contribution in [0.1, 0.15) is 41.6 Å². The lowest BCUT2D eigenvalue weighted by molar-refractivity contribution is 0.0967. The van der Waals surface area contributed by atoms with Gasteiger partial charge in [-0.15, -0.1) is 0 Å². The number of benzene rings is 2. The molecule has 0 radical (unpaired) electrons. The van der Waals surface area contributed by atoms with Crippen molar-refractivity contribution >= 4 is 27.2 Å². The summed E-state index contributed by atoms with van der Waals surface area (Å²) in [5.74, 6) is 0.266. The van der Waals surface area contributed by atoms with Gasteiger partial charge in [-0.3, -0.25) is 9.10 Å². The molecule has 0 aromatic heterocycles. The maximum Gasteiger partial charge on any atom is 0.264 e. The fourth-order valence-corrected chi connectivity index (χ4v) is 5.78. The first-order valence-corrected chi connectivity index (χ1v) is 11.5. The van der Waals surface area contributed by atoms with E-state index in [0.29, 0.717) is 12.1 Å². The van der Waals surface area contributed by atoms with E-state index in [2.05, 4.69) is 11.0 Å². The second-order valence-electron chi connectivity index (χ2n) is 8.00.